The molecular weight excluding hydrogens is 58.0 g/mol. The van der Waals surface area contributed by atoms with Crippen molar-refractivity contribution in [3.63, 3.8) is 0 Å². The van der Waals surface area contributed by atoms with E-state index in [1.807, 2.05) is 0 Å². The van der Waals surface area contributed by atoms with Crippen LogP contribution in [0.4, 0.5) is 0 Å². The van der Waals surface area contributed by atoms with E-state index in [2.05, 4.69) is 10.7 Å². The Morgan fingerprint density at radius 3 is 1.75 bits per heavy atom. The predicted molar refractivity (Wildman–Crippen MR) is 11.8 cm³/mol. The molecule has 28 valence electrons. The minimum atomic E-state index is 0. The third kappa shape index (κ3) is 101. The molecule has 0 rings (SSSR count). The van der Waals surface area contributed by atoms with Crippen molar-refractivity contribution in [2.45, 2.75) is 0 Å². The molecule has 0 bridgehead atoms. The minimum absolute atomic E-state index is 0. The summed E-state index contributed by atoms with van der Waals surface area (Å²) >= 11 is 0. The van der Waals surface area contributed by atoms with Crippen LogP contribution >= 0.6 is 0 Å². The normalized spacial score (nSPS) is 4.50. The Balaban J connectivity index is 0. The molecule has 0 aromatic rings. The Labute approximate surface area is 24.6 Å². The molecule has 0 aliphatic rings. The van der Waals surface area contributed by atoms with Gasteiger partial charge >= 0.3 is 0 Å². The van der Waals surface area contributed by atoms with Crippen LogP contribution in [0.3, 0.4) is 0 Å². The molecule has 0 atom stereocenters. The van der Waals surface area contributed by atoms with Crippen LogP contribution in [-0.2, 0) is 4.84 Å². The molecular formula is CH7NO2. The van der Waals surface area contributed by atoms with Gasteiger partial charge in [-0.05, 0) is 0 Å². The Morgan fingerprint density at radius 2 is 1.75 bits per heavy atom. The van der Waals surface area contributed by atoms with Crippen molar-refractivity contribution in [1.82, 2.24) is 0 Å². The van der Waals surface area contributed by atoms with E-state index in [0.29, 0.717) is 0 Å². The van der Waals surface area contributed by atoms with Gasteiger partial charge in [-0.25, -0.2) is 10.7 Å². The van der Waals surface area contributed by atoms with Crippen molar-refractivity contribution in [2.24, 2.45) is 0 Å². The Kier molecular flexibility index (Phi) is 29.9. The van der Waals surface area contributed by atoms with Gasteiger partial charge in [-0.2, -0.15) is 0 Å². The molecule has 0 aromatic heterocycles. The summed E-state index contributed by atoms with van der Waals surface area (Å²) in [5, 5.41) is 0. The van der Waals surface area contributed by atoms with E-state index < -0.39 is 0 Å². The largest absolute Gasteiger partial charge is 0.870 e. The highest BCUT2D eigenvalue weighted by Gasteiger charge is 1.29. The first-order chi connectivity index (χ1) is 1.41. The van der Waals surface area contributed by atoms with Gasteiger partial charge in [0, 0.05) is 0 Å². The molecule has 0 saturated heterocycles. The average Bonchev–Trinajstić information content (AvgIpc) is 0.918. The maximum absolute atomic E-state index is 4.00. The average molecular weight is 65.1 g/mol. The summed E-state index contributed by atoms with van der Waals surface area (Å²) in [6.45, 7) is 0. The van der Waals surface area contributed by atoms with Gasteiger partial charge in [0.1, 0.15) is 0 Å². The Bertz CT molecular complexity index is 6.00. The molecule has 0 fully saturated rings. The highest BCUT2D eigenvalue weighted by molar-refractivity contribution is 3.28. The van der Waals surface area contributed by atoms with Crippen molar-refractivity contribution in [1.29, 1.82) is 0 Å². The van der Waals surface area contributed by atoms with Crippen LogP contribution in [0.25, 0.3) is 0 Å². The fraction of sp³-hybridized carbons (Fsp3) is 1.00. The molecule has 0 heterocycles. The second-order valence-electron chi connectivity index (χ2n) is 0.289. The van der Waals surface area contributed by atoms with E-state index in [-0.39, 0.29) is 5.48 Å². The summed E-state index contributed by atoms with van der Waals surface area (Å²) in [5.74, 6) is 2.99. The topological polar surface area (TPSA) is 66.9 Å². The third-order valence-electron chi connectivity index (χ3n) is 0. The highest BCUT2D eigenvalue weighted by atomic mass is 16.6. The fourth-order valence-electron chi connectivity index (χ4n) is 0. The summed E-state index contributed by atoms with van der Waals surface area (Å²) in [4.78, 5) is 4.00. The van der Waals surface area contributed by atoms with Gasteiger partial charge in [0.2, 0.25) is 0 Å². The first-order valence-electron chi connectivity index (χ1n) is 0.697. The van der Waals surface area contributed by atoms with E-state index in [0.717, 1.165) is 0 Å². The Morgan fingerprint density at radius 1 is 1.75 bits per heavy atom. The van der Waals surface area contributed by atoms with Crippen LogP contribution < -0.4 is 5.90 Å². The lowest BCUT2D eigenvalue weighted by Gasteiger charge is -1.56. The van der Waals surface area contributed by atoms with Gasteiger partial charge in [-0.1, -0.05) is 0 Å². The van der Waals surface area contributed by atoms with Crippen molar-refractivity contribution in [2.75, 3.05) is 7.11 Å². The molecule has 0 aromatic carbocycles. The molecule has 0 saturated carbocycles. The van der Waals surface area contributed by atoms with E-state index in [1.54, 1.807) is 0 Å². The van der Waals surface area contributed by atoms with Crippen molar-refractivity contribution in [3.05, 3.63) is 0 Å². The molecule has 3 nitrogen and oxygen atoms in total. The highest BCUT2D eigenvalue weighted by Crippen LogP contribution is 1.06. The second-order valence-corrected chi connectivity index (χ2v) is 0.289. The van der Waals surface area contributed by atoms with Crippen LogP contribution in [0.1, 0.15) is 0 Å². The maximum Gasteiger partial charge on any atom is 0.0951 e. The van der Waals surface area contributed by atoms with Crippen LogP contribution in [0.15, 0.2) is 0 Å². The summed E-state index contributed by atoms with van der Waals surface area (Å²) in [7, 11) is 1.51. The monoisotopic (exact) mass is 65.0 g/mol. The van der Waals surface area contributed by atoms with Crippen LogP contribution in [0.2, 0.25) is 0 Å². The summed E-state index contributed by atoms with van der Waals surface area (Å²) in [6.07, 6.45) is 0. The van der Waals surface area contributed by atoms with Gasteiger partial charge in [0.25, 0.3) is 0 Å². The molecule has 0 aliphatic carbocycles. The van der Waals surface area contributed by atoms with Gasteiger partial charge in [0.05, 0.1) is 7.11 Å². The standard InChI is InChI=1S/CH6NO.H2O/c1-3-2;/h1-2H3;1H2/q+1;/p-1. The smallest absolute Gasteiger partial charge is 0.0951 e. The Hall–Kier alpha value is -0.120. The number of hydrogen-bond donors (Lipinski definition) is 1. The number of quaternary nitrogens is 1. The third-order valence-corrected chi connectivity index (χ3v) is 0. The second kappa shape index (κ2) is 13.1. The summed E-state index contributed by atoms with van der Waals surface area (Å²) in [5.41, 5.74) is 0. The summed E-state index contributed by atoms with van der Waals surface area (Å²) in [6, 6.07) is 0. The zero-order valence-electron chi connectivity index (χ0n) is 2.56. The number of hydrogen-bond acceptors (Lipinski definition) is 2. The molecule has 0 amide bonds. The molecule has 0 unspecified atom stereocenters. The molecule has 4 N–H and O–H groups in total. The zero-order chi connectivity index (χ0) is 2.71. The SMILES string of the molecule is CO[NH3+].[OH-]. The molecule has 0 radical (unpaired) electrons. The van der Waals surface area contributed by atoms with Crippen LogP contribution in [0, 0.1) is 0 Å². The van der Waals surface area contributed by atoms with E-state index in [4.69, 9.17) is 0 Å². The van der Waals surface area contributed by atoms with Crippen molar-refractivity contribution in [3.8, 4) is 0 Å². The number of rotatable bonds is 0. The first kappa shape index (κ1) is 9.11. The minimum Gasteiger partial charge on any atom is -0.870 e. The van der Waals surface area contributed by atoms with E-state index in [9.17, 15) is 0 Å². The lowest BCUT2D eigenvalue weighted by Crippen LogP contribution is -2.46. The molecule has 3 heteroatoms. The zero-order valence-corrected chi connectivity index (χ0v) is 2.56. The van der Waals surface area contributed by atoms with Crippen LogP contribution in [0.5, 0.6) is 0 Å². The fourth-order valence-corrected chi connectivity index (χ4v) is 0. The summed E-state index contributed by atoms with van der Waals surface area (Å²) < 4.78 is 0. The molecule has 0 aliphatic heterocycles. The maximum atomic E-state index is 4.00. The van der Waals surface area contributed by atoms with E-state index >= 15 is 0 Å². The van der Waals surface area contributed by atoms with Gasteiger partial charge in [-0.3, -0.25) is 0 Å². The lowest BCUT2D eigenvalue weighted by atomic mass is 11.7. The first-order valence-corrected chi connectivity index (χ1v) is 0.697. The van der Waals surface area contributed by atoms with Gasteiger partial charge < -0.3 is 5.48 Å². The predicted octanol–water partition coefficient (Wildman–Crippen LogP) is -1.39. The lowest BCUT2D eigenvalue weighted by molar-refractivity contribution is -0.679. The van der Waals surface area contributed by atoms with Crippen molar-refractivity contribution < 1.29 is 16.2 Å². The van der Waals surface area contributed by atoms with Gasteiger partial charge in [-0.15, -0.1) is 0 Å². The van der Waals surface area contributed by atoms with Gasteiger partial charge in [0.15, 0.2) is 0 Å². The van der Waals surface area contributed by atoms with Crippen molar-refractivity contribution >= 4 is 0 Å². The molecule has 4 heavy (non-hydrogen) atoms. The molecule has 0 spiro atoms. The van der Waals surface area contributed by atoms with Crippen LogP contribution in [-0.4, -0.2) is 12.6 Å². The quantitative estimate of drug-likeness (QED) is 0.353. The van der Waals surface area contributed by atoms with E-state index in [1.165, 1.54) is 7.11 Å².